The van der Waals surface area contributed by atoms with Crippen LogP contribution in [0.5, 0.6) is 0 Å². The number of hydrogen-bond donors (Lipinski definition) is 1. The van der Waals surface area contributed by atoms with Gasteiger partial charge in [-0.05, 0) is 62.7 Å². The van der Waals surface area contributed by atoms with E-state index in [4.69, 9.17) is 0 Å². The molecule has 0 aromatic heterocycles. The van der Waals surface area contributed by atoms with E-state index in [9.17, 15) is 9.59 Å². The van der Waals surface area contributed by atoms with E-state index in [0.29, 0.717) is 24.2 Å². The summed E-state index contributed by atoms with van der Waals surface area (Å²) < 4.78 is 0. The van der Waals surface area contributed by atoms with Crippen molar-refractivity contribution in [1.29, 1.82) is 0 Å². The van der Waals surface area contributed by atoms with Crippen LogP contribution in [0.15, 0.2) is 48.5 Å². The van der Waals surface area contributed by atoms with E-state index in [1.807, 2.05) is 6.07 Å². The Morgan fingerprint density at radius 3 is 2.38 bits per heavy atom. The van der Waals surface area contributed by atoms with Gasteiger partial charge in [0.15, 0.2) is 5.78 Å². The average molecular weight is 324 g/mol. The van der Waals surface area contributed by atoms with Gasteiger partial charge in [0.1, 0.15) is 0 Å². The predicted octanol–water partition coefficient (Wildman–Crippen LogP) is 4.05. The fourth-order valence-corrected chi connectivity index (χ4v) is 2.54. The lowest BCUT2D eigenvalue weighted by molar-refractivity contribution is -0.116. The van der Waals surface area contributed by atoms with Crippen molar-refractivity contribution in [1.82, 2.24) is 0 Å². The highest BCUT2D eigenvalue weighted by molar-refractivity contribution is 5.95. The van der Waals surface area contributed by atoms with Gasteiger partial charge in [-0.1, -0.05) is 12.1 Å². The minimum absolute atomic E-state index is 0.0182. The number of Topliss-reactive ketones (excluding diaryl/α,β-unsaturated/α-hetero) is 1. The Labute approximate surface area is 143 Å². The Balaban J connectivity index is 1.90. The van der Waals surface area contributed by atoms with E-state index < -0.39 is 0 Å². The van der Waals surface area contributed by atoms with Crippen LogP contribution < -0.4 is 10.2 Å². The zero-order valence-corrected chi connectivity index (χ0v) is 14.5. The molecule has 1 N–H and O–H groups in total. The molecule has 4 heteroatoms. The molecule has 24 heavy (non-hydrogen) atoms. The summed E-state index contributed by atoms with van der Waals surface area (Å²) in [6.45, 7) is 7.19. The molecular formula is C20H24N2O2. The number of amides is 1. The highest BCUT2D eigenvalue weighted by atomic mass is 16.1. The average Bonchev–Trinajstić information content (AvgIpc) is 2.56. The Morgan fingerprint density at radius 2 is 1.79 bits per heavy atom. The maximum Gasteiger partial charge on any atom is 0.226 e. The van der Waals surface area contributed by atoms with E-state index in [-0.39, 0.29) is 11.7 Å². The third kappa shape index (κ3) is 4.95. The van der Waals surface area contributed by atoms with Crippen molar-refractivity contribution >= 4 is 23.1 Å². The standard InChI is InChI=1S/C20H24N2O2/c1-4-22(19-7-5-6-15(2)14-19)13-12-20(24)21-18-10-8-17(9-11-18)16(3)23/h5-11,14H,4,12-13H2,1-3H3,(H,21,24). The normalized spacial score (nSPS) is 10.3. The largest absolute Gasteiger partial charge is 0.371 e. The molecule has 4 nitrogen and oxygen atoms in total. The predicted molar refractivity (Wildman–Crippen MR) is 98.8 cm³/mol. The molecule has 0 saturated heterocycles. The first-order valence-electron chi connectivity index (χ1n) is 8.22. The lowest BCUT2D eigenvalue weighted by Crippen LogP contribution is -2.27. The number of rotatable bonds is 7. The van der Waals surface area contributed by atoms with Gasteiger partial charge in [-0.2, -0.15) is 0 Å². The van der Waals surface area contributed by atoms with Crippen LogP contribution in [0.25, 0.3) is 0 Å². The van der Waals surface area contributed by atoms with Crippen molar-refractivity contribution in [2.75, 3.05) is 23.3 Å². The number of anilines is 2. The number of carbonyl (C=O) groups is 2. The van der Waals surface area contributed by atoms with Crippen molar-refractivity contribution in [2.45, 2.75) is 27.2 Å². The molecule has 0 aliphatic carbocycles. The van der Waals surface area contributed by atoms with E-state index in [2.05, 4.69) is 42.3 Å². The quantitative estimate of drug-likeness (QED) is 0.782. The molecule has 0 saturated carbocycles. The van der Waals surface area contributed by atoms with Crippen LogP contribution in [-0.4, -0.2) is 24.8 Å². The van der Waals surface area contributed by atoms with Crippen molar-refractivity contribution in [3.8, 4) is 0 Å². The lowest BCUT2D eigenvalue weighted by atomic mass is 10.1. The zero-order chi connectivity index (χ0) is 17.5. The SMILES string of the molecule is CCN(CCC(=O)Nc1ccc(C(C)=O)cc1)c1cccc(C)c1. The molecule has 0 bridgehead atoms. The number of hydrogen-bond acceptors (Lipinski definition) is 3. The van der Waals surface area contributed by atoms with Crippen molar-refractivity contribution < 1.29 is 9.59 Å². The van der Waals surface area contributed by atoms with Crippen molar-refractivity contribution in [3.05, 3.63) is 59.7 Å². The smallest absolute Gasteiger partial charge is 0.226 e. The monoisotopic (exact) mass is 324 g/mol. The first kappa shape index (κ1) is 17.7. The maximum atomic E-state index is 12.1. The number of nitrogens with one attached hydrogen (secondary N) is 1. The van der Waals surface area contributed by atoms with Crippen molar-refractivity contribution in [3.63, 3.8) is 0 Å². The van der Waals surface area contributed by atoms with Gasteiger partial charge in [-0.15, -0.1) is 0 Å². The van der Waals surface area contributed by atoms with Gasteiger partial charge < -0.3 is 10.2 Å². The van der Waals surface area contributed by atoms with Gasteiger partial charge in [0, 0.05) is 36.4 Å². The Morgan fingerprint density at radius 1 is 1.08 bits per heavy atom. The number of nitrogens with zero attached hydrogens (tertiary/aromatic N) is 1. The molecule has 0 fully saturated rings. The molecular weight excluding hydrogens is 300 g/mol. The number of ketones is 1. The Hall–Kier alpha value is -2.62. The van der Waals surface area contributed by atoms with Crippen LogP contribution in [0.2, 0.25) is 0 Å². The minimum Gasteiger partial charge on any atom is -0.371 e. The first-order chi connectivity index (χ1) is 11.5. The van der Waals surface area contributed by atoms with Gasteiger partial charge in [0.2, 0.25) is 5.91 Å². The second-order valence-corrected chi connectivity index (χ2v) is 5.85. The lowest BCUT2D eigenvalue weighted by Gasteiger charge is -2.23. The Kier molecular flexibility index (Phi) is 6.13. The van der Waals surface area contributed by atoms with Crippen LogP contribution in [0.4, 0.5) is 11.4 Å². The number of carbonyl (C=O) groups excluding carboxylic acids is 2. The molecule has 0 atom stereocenters. The summed E-state index contributed by atoms with van der Waals surface area (Å²) in [6, 6.07) is 15.3. The van der Waals surface area contributed by atoms with E-state index in [1.54, 1.807) is 24.3 Å². The molecule has 2 aromatic rings. The van der Waals surface area contributed by atoms with Gasteiger partial charge in [-0.3, -0.25) is 9.59 Å². The molecule has 0 radical (unpaired) electrons. The summed E-state index contributed by atoms with van der Waals surface area (Å²) in [5.41, 5.74) is 3.70. The van der Waals surface area contributed by atoms with E-state index >= 15 is 0 Å². The topological polar surface area (TPSA) is 49.4 Å². The fourth-order valence-electron chi connectivity index (χ4n) is 2.54. The van der Waals surface area contributed by atoms with Crippen LogP contribution in [0.1, 0.15) is 36.2 Å². The van der Waals surface area contributed by atoms with E-state index in [0.717, 1.165) is 12.2 Å². The molecule has 0 aliphatic rings. The summed E-state index contributed by atoms with van der Waals surface area (Å²) in [6.07, 6.45) is 0.413. The first-order valence-corrected chi connectivity index (χ1v) is 8.22. The summed E-state index contributed by atoms with van der Waals surface area (Å²) in [5.74, 6) is -0.0127. The maximum absolute atomic E-state index is 12.1. The molecule has 2 aromatic carbocycles. The second kappa shape index (κ2) is 8.29. The third-order valence-electron chi connectivity index (χ3n) is 3.93. The highest BCUT2D eigenvalue weighted by Crippen LogP contribution is 2.16. The van der Waals surface area contributed by atoms with Gasteiger partial charge in [0.05, 0.1) is 0 Å². The van der Waals surface area contributed by atoms with E-state index in [1.165, 1.54) is 12.5 Å². The summed E-state index contributed by atoms with van der Waals surface area (Å²) in [7, 11) is 0. The van der Waals surface area contributed by atoms with Gasteiger partial charge >= 0.3 is 0 Å². The van der Waals surface area contributed by atoms with Gasteiger partial charge in [-0.25, -0.2) is 0 Å². The molecule has 0 aliphatic heterocycles. The van der Waals surface area contributed by atoms with Crippen LogP contribution >= 0.6 is 0 Å². The van der Waals surface area contributed by atoms with Gasteiger partial charge in [0.25, 0.3) is 0 Å². The molecule has 0 heterocycles. The van der Waals surface area contributed by atoms with Crippen LogP contribution in [-0.2, 0) is 4.79 Å². The summed E-state index contributed by atoms with van der Waals surface area (Å²) in [4.78, 5) is 25.6. The molecule has 2 rings (SSSR count). The molecule has 126 valence electrons. The van der Waals surface area contributed by atoms with Crippen molar-refractivity contribution in [2.24, 2.45) is 0 Å². The fraction of sp³-hybridized carbons (Fsp3) is 0.300. The number of aryl methyl sites for hydroxylation is 1. The zero-order valence-electron chi connectivity index (χ0n) is 14.5. The molecule has 0 spiro atoms. The van der Waals surface area contributed by atoms with Crippen LogP contribution in [0.3, 0.4) is 0 Å². The summed E-state index contributed by atoms with van der Waals surface area (Å²) >= 11 is 0. The highest BCUT2D eigenvalue weighted by Gasteiger charge is 2.09. The summed E-state index contributed by atoms with van der Waals surface area (Å²) in [5, 5.41) is 2.87. The van der Waals surface area contributed by atoms with Crippen LogP contribution in [0, 0.1) is 6.92 Å². The molecule has 1 amide bonds. The minimum atomic E-state index is -0.0309. The molecule has 0 unspecified atom stereocenters. The number of benzene rings is 2. The third-order valence-corrected chi connectivity index (χ3v) is 3.93. The Bertz CT molecular complexity index is 708. The second-order valence-electron chi connectivity index (χ2n) is 5.85.